The maximum atomic E-state index is 13.7. The van der Waals surface area contributed by atoms with Gasteiger partial charge < -0.3 is 5.73 Å². The first-order chi connectivity index (χ1) is 9.68. The topological polar surface area (TPSA) is 43.8 Å². The Morgan fingerprint density at radius 3 is 2.48 bits per heavy atom. The third kappa shape index (κ3) is 3.41. The summed E-state index contributed by atoms with van der Waals surface area (Å²) in [6.45, 7) is 1.79. The van der Waals surface area contributed by atoms with Gasteiger partial charge in [0.1, 0.15) is 5.82 Å². The predicted molar refractivity (Wildman–Crippen MR) is 70.0 cm³/mol. The summed E-state index contributed by atoms with van der Waals surface area (Å²) in [5.41, 5.74) is 6.31. The van der Waals surface area contributed by atoms with Crippen molar-refractivity contribution < 1.29 is 17.6 Å². The van der Waals surface area contributed by atoms with Crippen LogP contribution in [0.2, 0.25) is 0 Å². The summed E-state index contributed by atoms with van der Waals surface area (Å²) in [4.78, 5) is 0. The predicted octanol–water partition coefficient (Wildman–Crippen LogP) is 3.13. The second kappa shape index (κ2) is 5.48. The monoisotopic (exact) mass is 301 g/mol. The molecule has 1 aromatic heterocycles. The zero-order chi connectivity index (χ0) is 15.8. The molecule has 7 heteroatoms. The van der Waals surface area contributed by atoms with Crippen LogP contribution in [0.1, 0.15) is 28.6 Å². The van der Waals surface area contributed by atoms with Gasteiger partial charge in [0, 0.05) is 30.8 Å². The van der Waals surface area contributed by atoms with Crippen molar-refractivity contribution in [1.82, 2.24) is 9.78 Å². The summed E-state index contributed by atoms with van der Waals surface area (Å²) >= 11 is 0. The van der Waals surface area contributed by atoms with Gasteiger partial charge in [-0.2, -0.15) is 18.3 Å². The number of alkyl halides is 3. The molecule has 2 aromatic rings. The smallest absolute Gasteiger partial charge is 0.324 e. The summed E-state index contributed by atoms with van der Waals surface area (Å²) in [5.74, 6) is -0.741. The lowest BCUT2D eigenvalue weighted by Gasteiger charge is -2.15. The Labute approximate surface area is 119 Å². The van der Waals surface area contributed by atoms with E-state index >= 15 is 0 Å². The fourth-order valence-corrected chi connectivity index (χ4v) is 2.19. The quantitative estimate of drug-likeness (QED) is 0.885. The van der Waals surface area contributed by atoms with Crippen LogP contribution >= 0.6 is 0 Å². The second-order valence-corrected chi connectivity index (χ2v) is 4.95. The standard InChI is InChI=1S/C14H15F4N3/c1-8-5-10(21(2)20-8)7-13(19)11-6-9(14(16,17)18)3-4-12(11)15/h3-6,13H,7,19H2,1-2H3. The van der Waals surface area contributed by atoms with E-state index in [0.29, 0.717) is 6.07 Å². The maximum Gasteiger partial charge on any atom is 0.416 e. The van der Waals surface area contributed by atoms with E-state index in [-0.39, 0.29) is 12.0 Å². The van der Waals surface area contributed by atoms with Gasteiger partial charge in [0.05, 0.1) is 11.3 Å². The highest BCUT2D eigenvalue weighted by molar-refractivity contribution is 5.30. The van der Waals surface area contributed by atoms with Gasteiger partial charge in [-0.25, -0.2) is 4.39 Å². The summed E-state index contributed by atoms with van der Waals surface area (Å²) in [6.07, 6.45) is -4.32. The fraction of sp³-hybridized carbons (Fsp3) is 0.357. The van der Waals surface area contributed by atoms with Crippen LogP contribution in [0.4, 0.5) is 17.6 Å². The SMILES string of the molecule is Cc1cc(CC(N)c2cc(C(F)(F)F)ccc2F)n(C)n1. The van der Waals surface area contributed by atoms with E-state index in [1.54, 1.807) is 24.7 Å². The average molecular weight is 301 g/mol. The second-order valence-electron chi connectivity index (χ2n) is 4.95. The summed E-state index contributed by atoms with van der Waals surface area (Å²) < 4.78 is 53.4. The molecular weight excluding hydrogens is 286 g/mol. The minimum Gasteiger partial charge on any atom is -0.324 e. The zero-order valence-corrected chi connectivity index (χ0v) is 11.6. The van der Waals surface area contributed by atoms with Gasteiger partial charge in [-0.3, -0.25) is 4.68 Å². The number of hydrogen-bond acceptors (Lipinski definition) is 2. The Balaban J connectivity index is 2.30. The summed E-state index contributed by atoms with van der Waals surface area (Å²) in [6, 6.07) is 3.17. The molecule has 2 rings (SSSR count). The van der Waals surface area contributed by atoms with Crippen LogP contribution in [-0.4, -0.2) is 9.78 Å². The highest BCUT2D eigenvalue weighted by Gasteiger charge is 2.31. The molecule has 1 unspecified atom stereocenters. The highest BCUT2D eigenvalue weighted by atomic mass is 19.4. The molecule has 114 valence electrons. The molecule has 0 bridgehead atoms. The summed E-state index contributed by atoms with van der Waals surface area (Å²) in [5, 5.41) is 4.12. The van der Waals surface area contributed by atoms with Gasteiger partial charge in [-0.1, -0.05) is 0 Å². The molecule has 1 heterocycles. The van der Waals surface area contributed by atoms with Crippen LogP contribution in [0, 0.1) is 12.7 Å². The van der Waals surface area contributed by atoms with Crippen molar-refractivity contribution in [2.75, 3.05) is 0 Å². The van der Waals surface area contributed by atoms with Crippen molar-refractivity contribution in [3.63, 3.8) is 0 Å². The molecule has 0 saturated carbocycles. The van der Waals surface area contributed by atoms with Crippen molar-refractivity contribution in [3.8, 4) is 0 Å². The molecule has 0 aliphatic heterocycles. The minimum atomic E-state index is -4.52. The van der Waals surface area contributed by atoms with Crippen LogP contribution < -0.4 is 5.73 Å². The number of nitrogens with two attached hydrogens (primary N) is 1. The van der Waals surface area contributed by atoms with Gasteiger partial charge in [0.25, 0.3) is 0 Å². The lowest BCUT2D eigenvalue weighted by Crippen LogP contribution is -2.18. The highest BCUT2D eigenvalue weighted by Crippen LogP contribution is 2.32. The molecule has 21 heavy (non-hydrogen) atoms. The fourth-order valence-electron chi connectivity index (χ4n) is 2.19. The van der Waals surface area contributed by atoms with E-state index in [1.165, 1.54) is 0 Å². The molecule has 0 fully saturated rings. The van der Waals surface area contributed by atoms with E-state index in [4.69, 9.17) is 5.73 Å². The van der Waals surface area contributed by atoms with Crippen molar-refractivity contribution in [2.45, 2.75) is 25.6 Å². The minimum absolute atomic E-state index is 0.149. The van der Waals surface area contributed by atoms with Gasteiger partial charge >= 0.3 is 6.18 Å². The first-order valence-corrected chi connectivity index (χ1v) is 6.30. The first-order valence-electron chi connectivity index (χ1n) is 6.30. The van der Waals surface area contributed by atoms with Crippen molar-refractivity contribution >= 4 is 0 Å². The third-order valence-electron chi connectivity index (χ3n) is 3.25. The maximum absolute atomic E-state index is 13.7. The molecule has 1 aromatic carbocycles. The molecule has 1 atom stereocenters. The van der Waals surface area contributed by atoms with E-state index in [0.717, 1.165) is 23.5 Å². The Morgan fingerprint density at radius 1 is 1.29 bits per heavy atom. The van der Waals surface area contributed by atoms with Crippen LogP contribution in [0.5, 0.6) is 0 Å². The van der Waals surface area contributed by atoms with Crippen molar-refractivity contribution in [3.05, 3.63) is 52.6 Å². The third-order valence-corrected chi connectivity index (χ3v) is 3.25. The van der Waals surface area contributed by atoms with Gasteiger partial charge in [-0.15, -0.1) is 0 Å². The summed E-state index contributed by atoms with van der Waals surface area (Å²) in [7, 11) is 1.71. The first kappa shape index (κ1) is 15.5. The number of nitrogens with zero attached hydrogens (tertiary/aromatic N) is 2. The lowest BCUT2D eigenvalue weighted by atomic mass is 9.99. The molecule has 0 amide bonds. The van der Waals surface area contributed by atoms with Crippen LogP contribution in [0.3, 0.4) is 0 Å². The number of halogens is 4. The average Bonchev–Trinajstić information content (AvgIpc) is 2.66. The number of benzene rings is 1. The lowest BCUT2D eigenvalue weighted by molar-refractivity contribution is -0.137. The number of hydrogen-bond donors (Lipinski definition) is 1. The Hall–Kier alpha value is -1.89. The molecule has 0 aliphatic rings. The Bertz CT molecular complexity index is 646. The molecular formula is C14H15F4N3. The van der Waals surface area contributed by atoms with E-state index in [1.807, 2.05) is 0 Å². The van der Waals surface area contributed by atoms with Gasteiger partial charge in [0.15, 0.2) is 0 Å². The zero-order valence-electron chi connectivity index (χ0n) is 11.6. The molecule has 0 radical (unpaired) electrons. The molecule has 2 N–H and O–H groups in total. The Kier molecular flexibility index (Phi) is 4.04. The normalized spacial score (nSPS) is 13.5. The molecule has 3 nitrogen and oxygen atoms in total. The van der Waals surface area contributed by atoms with E-state index in [9.17, 15) is 17.6 Å². The van der Waals surface area contributed by atoms with Crippen molar-refractivity contribution in [2.24, 2.45) is 12.8 Å². The van der Waals surface area contributed by atoms with Gasteiger partial charge in [0.2, 0.25) is 0 Å². The number of rotatable bonds is 3. The van der Waals surface area contributed by atoms with Crippen LogP contribution in [-0.2, 0) is 19.6 Å². The molecule has 0 spiro atoms. The Morgan fingerprint density at radius 2 is 1.95 bits per heavy atom. The van der Waals surface area contributed by atoms with Crippen LogP contribution in [0.25, 0.3) is 0 Å². The van der Waals surface area contributed by atoms with Gasteiger partial charge in [-0.05, 0) is 31.2 Å². The number of aryl methyl sites for hydroxylation is 2. The van der Waals surface area contributed by atoms with Crippen LogP contribution in [0.15, 0.2) is 24.3 Å². The largest absolute Gasteiger partial charge is 0.416 e. The van der Waals surface area contributed by atoms with E-state index < -0.39 is 23.6 Å². The van der Waals surface area contributed by atoms with E-state index in [2.05, 4.69) is 5.10 Å². The molecule has 0 aliphatic carbocycles. The molecule has 0 saturated heterocycles. The van der Waals surface area contributed by atoms with Crippen molar-refractivity contribution in [1.29, 1.82) is 0 Å². The number of aromatic nitrogens is 2.